The van der Waals surface area contributed by atoms with Gasteiger partial charge < -0.3 is 10.1 Å². The average Bonchev–Trinajstić information content (AvgIpc) is 2.78. The van der Waals surface area contributed by atoms with Crippen LogP contribution in [0.4, 0.5) is 5.69 Å². The Morgan fingerprint density at radius 3 is 2.55 bits per heavy atom. The Kier molecular flexibility index (Phi) is 4.92. The first-order chi connectivity index (χ1) is 10.4. The Balaban J connectivity index is 1.92. The largest absolute Gasteiger partial charge is 0.451 e. The van der Waals surface area contributed by atoms with Crippen LogP contribution in [-0.4, -0.2) is 23.5 Å². The number of esters is 1. The van der Waals surface area contributed by atoms with E-state index < -0.39 is 5.97 Å². The van der Waals surface area contributed by atoms with Crippen molar-refractivity contribution in [1.29, 1.82) is 0 Å². The molecule has 0 spiro atoms. The van der Waals surface area contributed by atoms with Crippen molar-refractivity contribution in [1.82, 2.24) is 4.98 Å². The Morgan fingerprint density at radius 1 is 1.23 bits per heavy atom. The van der Waals surface area contributed by atoms with Crippen LogP contribution >= 0.6 is 11.3 Å². The highest BCUT2D eigenvalue weighted by molar-refractivity contribution is 7.13. The first-order valence-electron chi connectivity index (χ1n) is 6.85. The number of nitrogens with one attached hydrogen (secondary N) is 1. The lowest BCUT2D eigenvalue weighted by molar-refractivity contribution is -0.119. The monoisotopic (exact) mass is 318 g/mol. The SMILES string of the molecule is Cc1ccc(NC(=O)COC(=O)c2sc(C)nc2C)c(C)c1. The molecule has 0 aliphatic heterocycles. The fourth-order valence-electron chi connectivity index (χ4n) is 2.06. The van der Waals surface area contributed by atoms with E-state index in [4.69, 9.17) is 4.74 Å². The van der Waals surface area contributed by atoms with Crippen LogP contribution in [0.25, 0.3) is 0 Å². The number of hydrogen-bond donors (Lipinski definition) is 1. The van der Waals surface area contributed by atoms with E-state index in [0.29, 0.717) is 10.6 Å². The smallest absolute Gasteiger partial charge is 0.350 e. The molecule has 2 aromatic rings. The van der Waals surface area contributed by atoms with Crippen LogP contribution in [0.1, 0.15) is 31.5 Å². The topological polar surface area (TPSA) is 68.3 Å². The van der Waals surface area contributed by atoms with E-state index in [-0.39, 0.29) is 12.5 Å². The lowest BCUT2D eigenvalue weighted by Gasteiger charge is -2.09. The van der Waals surface area contributed by atoms with Gasteiger partial charge in [-0.2, -0.15) is 0 Å². The fourth-order valence-corrected chi connectivity index (χ4v) is 2.87. The second-order valence-electron chi connectivity index (χ2n) is 5.09. The summed E-state index contributed by atoms with van der Waals surface area (Å²) in [5.41, 5.74) is 3.44. The van der Waals surface area contributed by atoms with Crippen LogP contribution < -0.4 is 5.32 Å². The lowest BCUT2D eigenvalue weighted by Crippen LogP contribution is -2.21. The molecule has 0 saturated heterocycles. The molecule has 0 aliphatic carbocycles. The number of amides is 1. The molecule has 0 saturated carbocycles. The van der Waals surface area contributed by atoms with E-state index in [0.717, 1.165) is 21.8 Å². The first kappa shape index (κ1) is 16.2. The number of carbonyl (C=O) groups is 2. The Bertz CT molecular complexity index is 722. The van der Waals surface area contributed by atoms with Gasteiger partial charge >= 0.3 is 5.97 Å². The number of anilines is 1. The number of hydrogen-bond acceptors (Lipinski definition) is 5. The van der Waals surface area contributed by atoms with Gasteiger partial charge in [0.05, 0.1) is 10.7 Å². The minimum atomic E-state index is -0.515. The third-order valence-electron chi connectivity index (χ3n) is 3.08. The standard InChI is InChI=1S/C16H18N2O3S/c1-9-5-6-13(10(2)7-9)18-14(19)8-21-16(20)15-11(3)17-12(4)22-15/h5-7H,8H2,1-4H3,(H,18,19). The number of nitrogens with zero attached hydrogens (tertiary/aromatic N) is 1. The molecule has 22 heavy (non-hydrogen) atoms. The van der Waals surface area contributed by atoms with Gasteiger partial charge in [0.2, 0.25) is 0 Å². The van der Waals surface area contributed by atoms with Crippen LogP contribution in [0.2, 0.25) is 0 Å². The molecule has 2 rings (SSSR count). The number of aromatic nitrogens is 1. The number of carbonyl (C=O) groups excluding carboxylic acids is 2. The summed E-state index contributed by atoms with van der Waals surface area (Å²) in [5, 5.41) is 3.53. The van der Waals surface area contributed by atoms with Gasteiger partial charge in [0.1, 0.15) is 4.88 Å². The molecule has 5 nitrogen and oxygen atoms in total. The van der Waals surface area contributed by atoms with Gasteiger partial charge in [-0.25, -0.2) is 9.78 Å². The highest BCUT2D eigenvalue weighted by atomic mass is 32.1. The summed E-state index contributed by atoms with van der Waals surface area (Å²) in [7, 11) is 0. The van der Waals surface area contributed by atoms with Crippen molar-refractivity contribution in [2.24, 2.45) is 0 Å². The van der Waals surface area contributed by atoms with Crippen LogP contribution in [0.15, 0.2) is 18.2 Å². The van der Waals surface area contributed by atoms with Crippen molar-refractivity contribution < 1.29 is 14.3 Å². The average molecular weight is 318 g/mol. The zero-order valence-corrected chi connectivity index (χ0v) is 13.8. The summed E-state index contributed by atoms with van der Waals surface area (Å²) in [6, 6.07) is 5.73. The van der Waals surface area contributed by atoms with Gasteiger partial charge in [0.15, 0.2) is 6.61 Å². The maximum Gasteiger partial charge on any atom is 0.350 e. The zero-order valence-electron chi connectivity index (χ0n) is 13.0. The van der Waals surface area contributed by atoms with Crippen molar-refractivity contribution in [3.63, 3.8) is 0 Å². The molecule has 1 aromatic heterocycles. The minimum absolute atomic E-state index is 0.317. The quantitative estimate of drug-likeness (QED) is 0.879. The van der Waals surface area contributed by atoms with Crippen LogP contribution in [0, 0.1) is 27.7 Å². The molecular weight excluding hydrogens is 300 g/mol. The predicted molar refractivity (Wildman–Crippen MR) is 86.4 cm³/mol. The molecule has 0 aliphatic rings. The van der Waals surface area contributed by atoms with E-state index in [1.165, 1.54) is 11.3 Å². The van der Waals surface area contributed by atoms with Crippen LogP contribution in [0.5, 0.6) is 0 Å². The highest BCUT2D eigenvalue weighted by Gasteiger charge is 2.16. The lowest BCUT2D eigenvalue weighted by atomic mass is 10.1. The summed E-state index contributed by atoms with van der Waals surface area (Å²) in [6.45, 7) is 7.15. The Morgan fingerprint density at radius 2 is 1.95 bits per heavy atom. The van der Waals surface area contributed by atoms with Gasteiger partial charge in [-0.15, -0.1) is 11.3 Å². The molecule has 1 aromatic carbocycles. The fraction of sp³-hybridized carbons (Fsp3) is 0.312. The normalized spacial score (nSPS) is 10.4. The van der Waals surface area contributed by atoms with E-state index in [2.05, 4.69) is 10.3 Å². The number of rotatable bonds is 4. The van der Waals surface area contributed by atoms with E-state index in [9.17, 15) is 9.59 Å². The highest BCUT2D eigenvalue weighted by Crippen LogP contribution is 2.18. The maximum absolute atomic E-state index is 11.9. The van der Waals surface area contributed by atoms with Crippen LogP contribution in [0.3, 0.4) is 0 Å². The number of ether oxygens (including phenoxy) is 1. The molecule has 0 fully saturated rings. The first-order valence-corrected chi connectivity index (χ1v) is 7.66. The molecule has 1 amide bonds. The summed E-state index contributed by atoms with van der Waals surface area (Å²) in [5.74, 6) is -0.877. The van der Waals surface area contributed by atoms with E-state index >= 15 is 0 Å². The molecule has 1 N–H and O–H groups in total. The van der Waals surface area contributed by atoms with Crippen LogP contribution in [-0.2, 0) is 9.53 Å². The Labute approximate surface area is 133 Å². The van der Waals surface area contributed by atoms with Gasteiger partial charge in [-0.3, -0.25) is 4.79 Å². The van der Waals surface area contributed by atoms with Gasteiger partial charge in [-0.05, 0) is 39.3 Å². The molecule has 6 heteroatoms. The van der Waals surface area contributed by atoms with E-state index in [1.54, 1.807) is 6.92 Å². The zero-order chi connectivity index (χ0) is 16.3. The molecule has 1 heterocycles. The third-order valence-corrected chi connectivity index (χ3v) is 4.13. The maximum atomic E-state index is 11.9. The molecule has 0 bridgehead atoms. The van der Waals surface area contributed by atoms with Gasteiger partial charge in [0.25, 0.3) is 5.91 Å². The van der Waals surface area contributed by atoms with Crippen molar-refractivity contribution in [2.45, 2.75) is 27.7 Å². The Hall–Kier alpha value is -2.21. The van der Waals surface area contributed by atoms with Gasteiger partial charge in [-0.1, -0.05) is 17.7 Å². The molecule has 0 radical (unpaired) electrons. The summed E-state index contributed by atoms with van der Waals surface area (Å²) in [6.07, 6.45) is 0. The molecule has 0 unspecified atom stereocenters. The van der Waals surface area contributed by atoms with E-state index in [1.807, 2.05) is 39.0 Å². The number of benzene rings is 1. The van der Waals surface area contributed by atoms with Crippen molar-refractivity contribution in [2.75, 3.05) is 11.9 Å². The van der Waals surface area contributed by atoms with Crippen molar-refractivity contribution in [3.8, 4) is 0 Å². The van der Waals surface area contributed by atoms with Crippen molar-refractivity contribution in [3.05, 3.63) is 44.9 Å². The summed E-state index contributed by atoms with van der Waals surface area (Å²) >= 11 is 1.26. The molecular formula is C16H18N2O3S. The second-order valence-corrected chi connectivity index (χ2v) is 6.29. The molecule has 0 atom stereocenters. The molecule has 116 valence electrons. The van der Waals surface area contributed by atoms with Gasteiger partial charge in [0, 0.05) is 5.69 Å². The third kappa shape index (κ3) is 3.92. The number of aryl methyl sites for hydroxylation is 4. The second kappa shape index (κ2) is 6.70. The predicted octanol–water partition coefficient (Wildman–Crippen LogP) is 3.17. The summed E-state index contributed by atoms with van der Waals surface area (Å²) in [4.78, 5) is 28.4. The minimum Gasteiger partial charge on any atom is -0.451 e. The number of thiazole rings is 1. The van der Waals surface area contributed by atoms with Crippen molar-refractivity contribution >= 4 is 28.9 Å². The summed E-state index contributed by atoms with van der Waals surface area (Å²) < 4.78 is 5.04.